The number of aromatic nitrogens is 2. The Hall–Kier alpha value is -2.99. The third-order valence-electron chi connectivity index (χ3n) is 4.47. The molecular weight excluding hydrogens is 404 g/mol. The minimum Gasteiger partial charge on any atom is -0.272 e. The SMILES string of the molecule is O=C(NN=CC(Br)=Cc1ccccc1)c1[nH]nc2c1CCc1ccccc1-2. The molecule has 0 radical (unpaired) electrons. The number of fused-ring (bicyclic) bond motifs is 3. The average Bonchev–Trinajstić information content (AvgIpc) is 3.13. The van der Waals surface area contributed by atoms with E-state index in [9.17, 15) is 4.79 Å². The monoisotopic (exact) mass is 420 g/mol. The first-order chi connectivity index (χ1) is 13.2. The predicted octanol–water partition coefficient (Wildman–Crippen LogP) is 4.33. The second kappa shape index (κ2) is 7.72. The molecule has 6 heteroatoms. The molecule has 0 unspecified atom stereocenters. The molecule has 2 aromatic carbocycles. The van der Waals surface area contributed by atoms with Gasteiger partial charge in [0, 0.05) is 15.6 Å². The number of nitrogens with zero attached hydrogens (tertiary/aromatic N) is 2. The van der Waals surface area contributed by atoms with Crippen LogP contribution in [0.5, 0.6) is 0 Å². The number of carbonyl (C=O) groups excluding carboxylic acids is 1. The molecule has 0 aliphatic heterocycles. The fourth-order valence-electron chi connectivity index (χ4n) is 3.20. The van der Waals surface area contributed by atoms with Crippen LogP contribution in [-0.2, 0) is 12.8 Å². The van der Waals surface area contributed by atoms with Crippen LogP contribution in [0.2, 0.25) is 0 Å². The Bertz CT molecular complexity index is 1040. The van der Waals surface area contributed by atoms with Gasteiger partial charge >= 0.3 is 0 Å². The van der Waals surface area contributed by atoms with Gasteiger partial charge in [-0.25, -0.2) is 5.43 Å². The fourth-order valence-corrected chi connectivity index (χ4v) is 3.57. The molecule has 4 rings (SSSR count). The Morgan fingerprint density at radius 1 is 1.11 bits per heavy atom. The zero-order valence-corrected chi connectivity index (χ0v) is 16.0. The molecule has 3 aromatic rings. The summed E-state index contributed by atoms with van der Waals surface area (Å²) in [6.07, 6.45) is 5.16. The lowest BCUT2D eigenvalue weighted by Gasteiger charge is -2.15. The molecule has 0 spiro atoms. The number of amides is 1. The van der Waals surface area contributed by atoms with Crippen LogP contribution >= 0.6 is 15.9 Å². The van der Waals surface area contributed by atoms with Gasteiger partial charge in [0.2, 0.25) is 0 Å². The molecule has 1 aromatic heterocycles. The van der Waals surface area contributed by atoms with Gasteiger partial charge < -0.3 is 0 Å². The number of carbonyl (C=O) groups is 1. The van der Waals surface area contributed by atoms with E-state index in [2.05, 4.69) is 42.7 Å². The number of benzene rings is 2. The Morgan fingerprint density at radius 3 is 2.74 bits per heavy atom. The summed E-state index contributed by atoms with van der Waals surface area (Å²) >= 11 is 3.43. The molecule has 0 saturated carbocycles. The van der Waals surface area contributed by atoms with Gasteiger partial charge in [-0.2, -0.15) is 10.2 Å². The summed E-state index contributed by atoms with van der Waals surface area (Å²) < 4.78 is 0.759. The van der Waals surface area contributed by atoms with Crippen molar-refractivity contribution in [1.82, 2.24) is 15.6 Å². The van der Waals surface area contributed by atoms with Gasteiger partial charge in [0.25, 0.3) is 5.91 Å². The number of rotatable bonds is 4. The summed E-state index contributed by atoms with van der Waals surface area (Å²) in [7, 11) is 0. The minimum atomic E-state index is -0.292. The van der Waals surface area contributed by atoms with E-state index in [1.165, 1.54) is 5.56 Å². The minimum absolute atomic E-state index is 0.292. The standard InChI is InChI=1S/C21H17BrN4O/c22-16(12-14-6-2-1-3-7-14)13-23-26-21(27)20-18-11-10-15-8-4-5-9-17(15)19(18)24-25-20/h1-9,12-13H,10-11H2,(H,24,25)(H,26,27). The number of nitrogens with one attached hydrogen (secondary N) is 2. The predicted molar refractivity (Wildman–Crippen MR) is 111 cm³/mol. The molecule has 0 saturated heterocycles. The van der Waals surface area contributed by atoms with Gasteiger partial charge in [0.15, 0.2) is 0 Å². The highest BCUT2D eigenvalue weighted by atomic mass is 79.9. The van der Waals surface area contributed by atoms with Crippen LogP contribution in [0.3, 0.4) is 0 Å². The van der Waals surface area contributed by atoms with Crippen LogP contribution < -0.4 is 5.43 Å². The number of aromatic amines is 1. The summed E-state index contributed by atoms with van der Waals surface area (Å²) in [5.41, 5.74) is 8.23. The molecule has 1 aliphatic rings. The smallest absolute Gasteiger partial charge is 0.272 e. The Balaban J connectivity index is 1.47. The molecule has 1 amide bonds. The first-order valence-electron chi connectivity index (χ1n) is 8.63. The number of halogens is 1. The number of H-pyrrole nitrogens is 1. The zero-order chi connectivity index (χ0) is 18.6. The average molecular weight is 421 g/mol. The zero-order valence-electron chi connectivity index (χ0n) is 14.4. The van der Waals surface area contributed by atoms with Crippen LogP contribution in [0.1, 0.15) is 27.2 Å². The molecule has 5 nitrogen and oxygen atoms in total. The van der Waals surface area contributed by atoms with Gasteiger partial charge in [-0.15, -0.1) is 0 Å². The summed E-state index contributed by atoms with van der Waals surface area (Å²) in [6.45, 7) is 0. The summed E-state index contributed by atoms with van der Waals surface area (Å²) in [6, 6.07) is 18.0. The van der Waals surface area contributed by atoms with Crippen LogP contribution in [0, 0.1) is 0 Å². The van der Waals surface area contributed by atoms with Gasteiger partial charge in [-0.3, -0.25) is 9.89 Å². The molecular formula is C21H17BrN4O. The van der Waals surface area contributed by atoms with Crippen molar-refractivity contribution in [2.45, 2.75) is 12.8 Å². The lowest BCUT2D eigenvalue weighted by molar-refractivity contribution is 0.0949. The van der Waals surface area contributed by atoms with Crippen LogP contribution in [0.4, 0.5) is 0 Å². The highest BCUT2D eigenvalue weighted by Gasteiger charge is 2.24. The van der Waals surface area contributed by atoms with Crippen LogP contribution in [0.25, 0.3) is 17.3 Å². The lowest BCUT2D eigenvalue weighted by Crippen LogP contribution is -2.20. The third kappa shape index (κ3) is 3.75. The van der Waals surface area contributed by atoms with Crippen molar-refractivity contribution in [3.05, 3.63) is 81.5 Å². The largest absolute Gasteiger partial charge is 0.289 e. The van der Waals surface area contributed by atoms with E-state index in [1.54, 1.807) is 6.21 Å². The van der Waals surface area contributed by atoms with E-state index in [-0.39, 0.29) is 5.91 Å². The highest BCUT2D eigenvalue weighted by Crippen LogP contribution is 2.33. The van der Waals surface area contributed by atoms with E-state index in [0.29, 0.717) is 5.69 Å². The van der Waals surface area contributed by atoms with Crippen molar-refractivity contribution in [3.63, 3.8) is 0 Å². The van der Waals surface area contributed by atoms with Crippen molar-refractivity contribution in [3.8, 4) is 11.3 Å². The number of aryl methyl sites for hydroxylation is 1. The summed E-state index contributed by atoms with van der Waals surface area (Å²) in [5, 5.41) is 11.3. The summed E-state index contributed by atoms with van der Waals surface area (Å²) in [4.78, 5) is 12.5. The fraction of sp³-hybridized carbons (Fsp3) is 0.0952. The first kappa shape index (κ1) is 17.4. The van der Waals surface area contributed by atoms with Crippen molar-refractivity contribution >= 4 is 34.1 Å². The third-order valence-corrected chi connectivity index (χ3v) is 4.90. The number of hydrogen-bond acceptors (Lipinski definition) is 3. The van der Waals surface area contributed by atoms with E-state index in [0.717, 1.165) is 39.7 Å². The maximum Gasteiger partial charge on any atom is 0.289 e. The van der Waals surface area contributed by atoms with E-state index in [1.807, 2.05) is 54.6 Å². The molecule has 1 heterocycles. The van der Waals surface area contributed by atoms with Crippen LogP contribution in [-0.4, -0.2) is 22.3 Å². The van der Waals surface area contributed by atoms with Crippen molar-refractivity contribution in [2.75, 3.05) is 0 Å². The topological polar surface area (TPSA) is 70.1 Å². The van der Waals surface area contributed by atoms with Gasteiger partial charge in [-0.05, 0) is 46.0 Å². The molecule has 27 heavy (non-hydrogen) atoms. The van der Waals surface area contributed by atoms with E-state index < -0.39 is 0 Å². The lowest BCUT2D eigenvalue weighted by atomic mass is 9.89. The van der Waals surface area contributed by atoms with Gasteiger partial charge in [0.05, 0.1) is 11.9 Å². The Morgan fingerprint density at radius 2 is 1.89 bits per heavy atom. The molecule has 0 atom stereocenters. The molecule has 0 fully saturated rings. The maximum absolute atomic E-state index is 12.5. The number of hydrogen-bond donors (Lipinski definition) is 2. The van der Waals surface area contributed by atoms with Crippen molar-refractivity contribution < 1.29 is 4.79 Å². The number of allylic oxidation sites excluding steroid dienone is 1. The maximum atomic E-state index is 12.5. The van der Waals surface area contributed by atoms with E-state index >= 15 is 0 Å². The van der Waals surface area contributed by atoms with E-state index in [4.69, 9.17) is 0 Å². The van der Waals surface area contributed by atoms with Crippen LogP contribution in [0.15, 0.2) is 64.2 Å². The number of hydrazone groups is 1. The Kier molecular flexibility index (Phi) is 4.98. The van der Waals surface area contributed by atoms with Crippen molar-refractivity contribution in [2.24, 2.45) is 5.10 Å². The first-order valence-corrected chi connectivity index (χ1v) is 9.43. The second-order valence-corrected chi connectivity index (χ2v) is 7.14. The molecule has 2 N–H and O–H groups in total. The molecule has 134 valence electrons. The Labute approximate surface area is 165 Å². The summed E-state index contributed by atoms with van der Waals surface area (Å²) in [5.74, 6) is -0.292. The van der Waals surface area contributed by atoms with Gasteiger partial charge in [-0.1, -0.05) is 54.6 Å². The molecule has 1 aliphatic carbocycles. The van der Waals surface area contributed by atoms with Gasteiger partial charge in [0.1, 0.15) is 5.69 Å². The van der Waals surface area contributed by atoms with Crippen molar-refractivity contribution in [1.29, 1.82) is 0 Å². The second-order valence-electron chi connectivity index (χ2n) is 6.22. The highest BCUT2D eigenvalue weighted by molar-refractivity contribution is 9.12. The molecule has 0 bridgehead atoms. The normalized spacial score (nSPS) is 13.3. The quantitative estimate of drug-likeness (QED) is 0.487.